The highest BCUT2D eigenvalue weighted by Gasteiger charge is 2.48. The molecule has 1 aliphatic heterocycles. The largest absolute Gasteiger partial charge is 0.481 e. The summed E-state index contributed by atoms with van der Waals surface area (Å²) >= 11 is 0. The van der Waals surface area contributed by atoms with Gasteiger partial charge in [0.15, 0.2) is 39.6 Å². The molecule has 1 aliphatic carbocycles. The minimum absolute atomic E-state index is 0.0254. The van der Waals surface area contributed by atoms with Gasteiger partial charge in [0, 0.05) is 37.7 Å². The molecule has 2 aliphatic rings. The van der Waals surface area contributed by atoms with E-state index in [1.54, 1.807) is 25.4 Å². The first kappa shape index (κ1) is 29.2. The smallest absolute Gasteiger partial charge is 0.422 e. The van der Waals surface area contributed by atoms with Crippen LogP contribution in [0, 0.1) is 5.82 Å². The number of fused-ring (bicyclic) bond motifs is 3. The van der Waals surface area contributed by atoms with Crippen LogP contribution in [0.1, 0.15) is 39.2 Å². The lowest BCUT2D eigenvalue weighted by Crippen LogP contribution is -2.50. The maximum Gasteiger partial charge on any atom is 0.422 e. The number of carbonyl (C=O) groups is 2. The first-order chi connectivity index (χ1) is 19.7. The lowest BCUT2D eigenvalue weighted by atomic mass is 9.82. The third-order valence-electron chi connectivity index (χ3n) is 6.84. The van der Waals surface area contributed by atoms with Gasteiger partial charge in [-0.1, -0.05) is 6.07 Å². The molecule has 0 radical (unpaired) electrons. The fourth-order valence-electron chi connectivity index (χ4n) is 5.22. The Kier molecular flexibility index (Phi) is 7.28. The number of nitrogens with zero attached hydrogens (tertiary/aromatic N) is 4. The maximum atomic E-state index is 15.2. The van der Waals surface area contributed by atoms with Crippen LogP contribution in [0.4, 0.5) is 23.4 Å². The van der Waals surface area contributed by atoms with Crippen LogP contribution >= 0.6 is 0 Å². The number of benzene rings is 1. The normalized spacial score (nSPS) is 18.2. The summed E-state index contributed by atoms with van der Waals surface area (Å²) in [4.78, 5) is 34.4. The number of pyridine rings is 1. The van der Waals surface area contributed by atoms with Crippen molar-refractivity contribution in [2.45, 2.75) is 31.0 Å². The van der Waals surface area contributed by atoms with E-state index in [9.17, 15) is 31.2 Å². The van der Waals surface area contributed by atoms with Gasteiger partial charge in [-0.2, -0.15) is 23.0 Å². The van der Waals surface area contributed by atoms with Crippen LogP contribution in [0.25, 0.3) is 5.82 Å². The van der Waals surface area contributed by atoms with Crippen LogP contribution in [0.2, 0.25) is 0 Å². The molecule has 16 heteroatoms. The minimum Gasteiger partial charge on any atom is -0.481 e. The molecule has 1 aromatic carbocycles. The zero-order chi connectivity index (χ0) is 30.4. The number of sulfone groups is 1. The summed E-state index contributed by atoms with van der Waals surface area (Å²) in [6.07, 6.45) is -0.326. The summed E-state index contributed by atoms with van der Waals surface area (Å²) in [6.45, 7) is -1.65. The third-order valence-corrected chi connectivity index (χ3v) is 7.63. The highest BCUT2D eigenvalue weighted by atomic mass is 32.2. The summed E-state index contributed by atoms with van der Waals surface area (Å²) in [6, 6.07) is 5.76. The Balaban J connectivity index is 1.55. The SMILES string of the molecule is C/N=C/c1ccc(-n2nc3c(c2NC(=O)CS(C)(=O)=O)C(=O)N[C@@]2(CCc4c2ccc(OCC(F)(F)F)c4F)C3)nc1. The van der Waals surface area contributed by atoms with Crippen LogP contribution in [0.3, 0.4) is 0 Å². The summed E-state index contributed by atoms with van der Waals surface area (Å²) in [5, 5.41) is 9.88. The molecule has 42 heavy (non-hydrogen) atoms. The summed E-state index contributed by atoms with van der Waals surface area (Å²) < 4.78 is 82.3. The molecule has 5 rings (SSSR count). The first-order valence-electron chi connectivity index (χ1n) is 12.5. The van der Waals surface area contributed by atoms with Crippen LogP contribution < -0.4 is 15.4 Å². The van der Waals surface area contributed by atoms with E-state index in [1.165, 1.54) is 16.9 Å². The van der Waals surface area contributed by atoms with Crippen LogP contribution in [-0.2, 0) is 33.0 Å². The molecule has 1 atom stereocenters. The number of ether oxygens (including phenoxy) is 1. The van der Waals surface area contributed by atoms with Gasteiger partial charge in [-0.3, -0.25) is 14.6 Å². The van der Waals surface area contributed by atoms with E-state index in [1.807, 2.05) is 0 Å². The Morgan fingerprint density at radius 2 is 2.05 bits per heavy atom. The van der Waals surface area contributed by atoms with E-state index in [4.69, 9.17) is 0 Å². The summed E-state index contributed by atoms with van der Waals surface area (Å²) in [5.41, 5.74) is 0.222. The Morgan fingerprint density at radius 3 is 2.69 bits per heavy atom. The second-order valence-electron chi connectivity index (χ2n) is 10.1. The topological polar surface area (TPSA) is 145 Å². The molecule has 2 N–H and O–H groups in total. The molecule has 0 saturated carbocycles. The van der Waals surface area contributed by atoms with Crippen molar-refractivity contribution in [3.8, 4) is 11.6 Å². The zero-order valence-electron chi connectivity index (χ0n) is 22.2. The molecule has 0 saturated heterocycles. The number of alkyl halides is 3. The molecule has 11 nitrogen and oxygen atoms in total. The fourth-order valence-corrected chi connectivity index (χ4v) is 5.77. The number of amides is 2. The second kappa shape index (κ2) is 10.5. The number of aromatic nitrogens is 3. The number of rotatable bonds is 7. The molecule has 3 heterocycles. The zero-order valence-corrected chi connectivity index (χ0v) is 23.1. The van der Waals surface area contributed by atoms with Gasteiger partial charge in [-0.05, 0) is 42.2 Å². The van der Waals surface area contributed by atoms with Gasteiger partial charge >= 0.3 is 6.18 Å². The van der Waals surface area contributed by atoms with Crippen molar-refractivity contribution in [3.63, 3.8) is 0 Å². The summed E-state index contributed by atoms with van der Waals surface area (Å²) in [7, 11) is -2.12. The molecule has 2 amide bonds. The number of hydrogen-bond acceptors (Lipinski definition) is 8. The lowest BCUT2D eigenvalue weighted by molar-refractivity contribution is -0.153. The number of nitrogens with one attached hydrogen (secondary N) is 2. The van der Waals surface area contributed by atoms with E-state index in [-0.39, 0.29) is 47.7 Å². The molecule has 1 spiro atoms. The minimum atomic E-state index is -4.65. The average molecular weight is 609 g/mol. The van der Waals surface area contributed by atoms with E-state index in [2.05, 4.69) is 30.4 Å². The number of carbonyl (C=O) groups excluding carboxylic acids is 2. The number of halogens is 4. The van der Waals surface area contributed by atoms with Crippen LogP contribution in [0.15, 0.2) is 35.5 Å². The van der Waals surface area contributed by atoms with Crippen molar-refractivity contribution in [2.24, 2.45) is 4.99 Å². The van der Waals surface area contributed by atoms with Gasteiger partial charge in [-0.15, -0.1) is 0 Å². The van der Waals surface area contributed by atoms with Gasteiger partial charge in [-0.25, -0.2) is 17.8 Å². The maximum absolute atomic E-state index is 15.2. The Labute approximate surface area is 236 Å². The lowest BCUT2D eigenvalue weighted by Gasteiger charge is -2.35. The predicted octanol–water partition coefficient (Wildman–Crippen LogP) is 2.51. The molecule has 0 unspecified atom stereocenters. The van der Waals surface area contributed by atoms with Crippen molar-refractivity contribution in [2.75, 3.05) is 31.0 Å². The Hall–Kier alpha value is -4.34. The van der Waals surface area contributed by atoms with Crippen LogP contribution in [0.5, 0.6) is 5.75 Å². The second-order valence-corrected chi connectivity index (χ2v) is 12.2. The van der Waals surface area contributed by atoms with E-state index in [0.717, 1.165) is 12.3 Å². The standard InChI is InChI=1S/C26H24F4N6O5S/c1-31-10-14-3-6-19(32-11-14)36-23(33-20(37)12-42(2,39)40)21-17(35-36)9-25(34-24(21)38)8-7-15-16(25)4-5-18(22(15)27)41-13-26(28,29)30/h3-6,10-11H,7-9,12-13H2,1-2H3,(H,33,37)(H,34,38)/b31-10+/t25-/m0/s1. The molecule has 0 fully saturated rings. The van der Waals surface area contributed by atoms with E-state index in [0.29, 0.717) is 11.1 Å². The van der Waals surface area contributed by atoms with Crippen molar-refractivity contribution in [1.29, 1.82) is 0 Å². The van der Waals surface area contributed by atoms with Gasteiger partial charge in [0.1, 0.15) is 11.3 Å². The molecular weight excluding hydrogens is 584 g/mol. The highest BCUT2D eigenvalue weighted by molar-refractivity contribution is 7.91. The first-order valence-corrected chi connectivity index (χ1v) is 14.6. The van der Waals surface area contributed by atoms with Crippen molar-refractivity contribution in [1.82, 2.24) is 20.1 Å². The Morgan fingerprint density at radius 1 is 1.29 bits per heavy atom. The van der Waals surface area contributed by atoms with E-state index < -0.39 is 57.3 Å². The molecule has 3 aromatic rings. The monoisotopic (exact) mass is 608 g/mol. The Bertz CT molecular complexity index is 1720. The van der Waals surface area contributed by atoms with Gasteiger partial charge in [0.05, 0.1) is 11.2 Å². The number of aliphatic imine (C=N–C) groups is 1. The molecular formula is C26H24F4N6O5S. The molecule has 2 aromatic heterocycles. The van der Waals surface area contributed by atoms with Gasteiger partial charge in [0.2, 0.25) is 5.91 Å². The average Bonchev–Trinajstić information content (AvgIpc) is 3.41. The number of anilines is 1. The molecule has 0 bridgehead atoms. The number of hydrogen-bond donors (Lipinski definition) is 2. The van der Waals surface area contributed by atoms with Crippen LogP contribution in [-0.4, -0.2) is 73.1 Å². The van der Waals surface area contributed by atoms with Gasteiger partial charge in [0.25, 0.3) is 5.91 Å². The van der Waals surface area contributed by atoms with Crippen molar-refractivity contribution >= 4 is 33.7 Å². The van der Waals surface area contributed by atoms with Crippen molar-refractivity contribution in [3.05, 3.63) is 64.2 Å². The fraction of sp³-hybridized carbons (Fsp3) is 0.346. The third kappa shape index (κ3) is 5.70. The van der Waals surface area contributed by atoms with E-state index >= 15 is 4.39 Å². The molecule has 222 valence electrons. The van der Waals surface area contributed by atoms with Crippen molar-refractivity contribution < 1.29 is 40.3 Å². The summed E-state index contributed by atoms with van der Waals surface area (Å²) in [5.74, 6) is -3.79. The highest BCUT2D eigenvalue weighted by Crippen LogP contribution is 2.46. The quantitative estimate of drug-likeness (QED) is 0.310. The predicted molar refractivity (Wildman–Crippen MR) is 142 cm³/mol. The van der Waals surface area contributed by atoms with Gasteiger partial charge < -0.3 is 15.4 Å².